The smallest absolute Gasteiger partial charge is 0.334 e. The number of carbonyl (C=O) groups excluding carboxylic acids is 1. The van der Waals surface area contributed by atoms with Crippen molar-refractivity contribution in [3.8, 4) is 0 Å². The number of benzene rings is 2. The average molecular weight is 713 g/mol. The van der Waals surface area contributed by atoms with Crippen LogP contribution in [0, 0.1) is 0 Å². The Morgan fingerprint density at radius 1 is 0.776 bits per heavy atom. The van der Waals surface area contributed by atoms with Crippen molar-refractivity contribution in [1.29, 1.82) is 0 Å². The Balaban J connectivity index is 1.05. The summed E-state index contributed by atoms with van der Waals surface area (Å²) in [5, 5.41) is 71.5. The van der Waals surface area contributed by atoms with Crippen LogP contribution in [0.3, 0.4) is 0 Å². The maximum atomic E-state index is 12.5. The molecule has 0 aromatic heterocycles. The Kier molecular flexibility index (Phi) is 13.7. The van der Waals surface area contributed by atoms with Gasteiger partial charge in [-0.15, -0.1) is 0 Å². The van der Waals surface area contributed by atoms with E-state index < -0.39 is 87.2 Å². The van der Waals surface area contributed by atoms with Crippen LogP contribution in [0.5, 0.6) is 0 Å². The fraction of sp³-hybridized carbons (Fsp3) is 0.606. The number of carbonyl (C=O) groups is 1. The molecule has 3 heterocycles. The molecule has 0 spiro atoms. The molecule has 0 aliphatic carbocycles. The summed E-state index contributed by atoms with van der Waals surface area (Å²) in [6, 6.07) is 18.3. The molecule has 7 N–H and O–H groups in total. The van der Waals surface area contributed by atoms with Gasteiger partial charge in [0.15, 0.2) is 6.29 Å². The molecule has 0 amide bonds. The molecule has 5 rings (SSSR count). The molecular weight excluding hydrogens is 668 g/mol. The summed E-state index contributed by atoms with van der Waals surface area (Å²) in [7, 11) is 0. The zero-order valence-electron chi connectivity index (χ0n) is 26.8. The number of aliphatic hydroxyl groups is 7. The predicted molar refractivity (Wildman–Crippen MR) is 171 cm³/mol. The number of hydrogen-bond donors (Lipinski definition) is 7. The van der Waals surface area contributed by atoms with E-state index in [9.17, 15) is 40.5 Å². The second kappa shape index (κ2) is 17.7. The van der Waals surface area contributed by atoms with Gasteiger partial charge in [-0.25, -0.2) is 4.79 Å². The lowest BCUT2D eigenvalue weighted by Crippen LogP contribution is -2.64. The third-order valence-electron chi connectivity index (χ3n) is 9.05. The van der Waals surface area contributed by atoms with Gasteiger partial charge >= 0.3 is 5.97 Å². The molecule has 11 atom stereocenters. The van der Waals surface area contributed by atoms with Crippen molar-refractivity contribution in [1.82, 2.24) is 9.80 Å². The van der Waals surface area contributed by atoms with E-state index in [1.165, 1.54) is 5.56 Å². The van der Waals surface area contributed by atoms with Gasteiger partial charge < -0.3 is 59.4 Å². The summed E-state index contributed by atoms with van der Waals surface area (Å²) < 4.78 is 27.0. The average Bonchev–Trinajstić information content (AvgIpc) is 3.12. The van der Waals surface area contributed by atoms with Crippen LogP contribution in [0.1, 0.15) is 17.2 Å². The number of halogens is 1. The second-order valence-corrected chi connectivity index (χ2v) is 12.7. The summed E-state index contributed by atoms with van der Waals surface area (Å²) in [5.74, 6) is -0.875. The molecule has 272 valence electrons. The fourth-order valence-electron chi connectivity index (χ4n) is 6.31. The molecule has 15 nitrogen and oxygen atoms in total. The van der Waals surface area contributed by atoms with Crippen LogP contribution >= 0.6 is 11.6 Å². The maximum Gasteiger partial charge on any atom is 0.334 e. The minimum Gasteiger partial charge on any atom is -0.431 e. The van der Waals surface area contributed by atoms with E-state index in [0.717, 1.165) is 31.7 Å². The molecule has 0 bridgehead atoms. The number of aliphatic hydroxyl groups excluding tert-OH is 7. The first-order valence-corrected chi connectivity index (χ1v) is 16.6. The summed E-state index contributed by atoms with van der Waals surface area (Å²) in [6.07, 6.45) is -16.3. The largest absolute Gasteiger partial charge is 0.431 e. The van der Waals surface area contributed by atoms with Crippen LogP contribution < -0.4 is 0 Å². The number of nitrogens with zero attached hydrogens (tertiary/aromatic N) is 2. The SMILES string of the molecule is O=C(COCCN1CCN(C(c2ccccc2)c2ccc(Cl)cc2)CC1)O[C@@H]1O[C@H](CO)[C@@H](OC2O[C@H](CO)[C@@H](O)[C@@H](O)[C@H]2O)C(O)[C@H]1O. The van der Waals surface area contributed by atoms with Crippen LogP contribution in [0.15, 0.2) is 54.6 Å². The molecule has 3 aliphatic rings. The number of hydrogen-bond acceptors (Lipinski definition) is 15. The van der Waals surface area contributed by atoms with Crippen LogP contribution in [-0.4, -0.2) is 172 Å². The molecule has 2 aromatic rings. The van der Waals surface area contributed by atoms with E-state index in [0.29, 0.717) is 11.6 Å². The third-order valence-corrected chi connectivity index (χ3v) is 9.30. The van der Waals surface area contributed by atoms with E-state index in [4.69, 9.17) is 35.3 Å². The van der Waals surface area contributed by atoms with Crippen LogP contribution in [0.25, 0.3) is 0 Å². The number of piperazine rings is 1. The van der Waals surface area contributed by atoms with Gasteiger partial charge in [-0.2, -0.15) is 0 Å². The third kappa shape index (κ3) is 9.32. The zero-order chi connectivity index (χ0) is 35.1. The Hall–Kier alpha value is -2.32. The van der Waals surface area contributed by atoms with Crippen molar-refractivity contribution in [2.45, 2.75) is 67.5 Å². The van der Waals surface area contributed by atoms with Gasteiger partial charge in [0.2, 0.25) is 6.29 Å². The summed E-state index contributed by atoms with van der Waals surface area (Å²) in [5.41, 5.74) is 2.36. The monoisotopic (exact) mass is 712 g/mol. The lowest BCUT2D eigenvalue weighted by Gasteiger charge is -2.45. The molecule has 0 saturated carbocycles. The van der Waals surface area contributed by atoms with Gasteiger partial charge in [-0.1, -0.05) is 54.1 Å². The highest BCUT2D eigenvalue weighted by atomic mass is 35.5. The topological polar surface area (TPSA) is 211 Å². The molecule has 2 aromatic carbocycles. The summed E-state index contributed by atoms with van der Waals surface area (Å²) >= 11 is 6.14. The maximum absolute atomic E-state index is 12.5. The number of esters is 1. The highest BCUT2D eigenvalue weighted by molar-refractivity contribution is 6.30. The Labute approximate surface area is 288 Å². The highest BCUT2D eigenvalue weighted by Gasteiger charge is 2.51. The molecule has 3 aliphatic heterocycles. The molecular formula is C33H45ClN2O13. The predicted octanol–water partition coefficient (Wildman–Crippen LogP) is -1.77. The first-order valence-electron chi connectivity index (χ1n) is 16.2. The van der Waals surface area contributed by atoms with E-state index in [1.807, 2.05) is 30.3 Å². The van der Waals surface area contributed by atoms with Crippen molar-refractivity contribution in [2.75, 3.05) is 59.2 Å². The molecule has 0 radical (unpaired) electrons. The highest BCUT2D eigenvalue weighted by Crippen LogP contribution is 2.31. The quantitative estimate of drug-likeness (QED) is 0.0905. The van der Waals surface area contributed by atoms with Crippen molar-refractivity contribution in [2.24, 2.45) is 0 Å². The molecule has 16 heteroatoms. The van der Waals surface area contributed by atoms with Gasteiger partial charge in [-0.3, -0.25) is 9.80 Å². The second-order valence-electron chi connectivity index (χ2n) is 12.3. The Morgan fingerprint density at radius 3 is 2.04 bits per heavy atom. The minimum atomic E-state index is -1.83. The Morgan fingerprint density at radius 2 is 1.39 bits per heavy atom. The van der Waals surface area contributed by atoms with Crippen molar-refractivity contribution >= 4 is 17.6 Å². The molecule has 49 heavy (non-hydrogen) atoms. The van der Waals surface area contributed by atoms with E-state index >= 15 is 0 Å². The van der Waals surface area contributed by atoms with Crippen molar-refractivity contribution < 1.29 is 64.2 Å². The first-order chi connectivity index (χ1) is 23.6. The number of ether oxygens (including phenoxy) is 5. The zero-order valence-corrected chi connectivity index (χ0v) is 27.5. The minimum absolute atomic E-state index is 0.0857. The van der Waals surface area contributed by atoms with Gasteiger partial charge in [0.1, 0.15) is 55.4 Å². The molecule has 3 unspecified atom stereocenters. The van der Waals surface area contributed by atoms with Crippen LogP contribution in [-0.2, 0) is 28.5 Å². The fourth-order valence-corrected chi connectivity index (χ4v) is 6.43. The first kappa shape index (κ1) is 37.9. The van der Waals surface area contributed by atoms with E-state index in [1.54, 1.807) is 0 Å². The van der Waals surface area contributed by atoms with Gasteiger partial charge in [0.05, 0.1) is 25.9 Å². The van der Waals surface area contributed by atoms with Gasteiger partial charge in [0.25, 0.3) is 0 Å². The van der Waals surface area contributed by atoms with E-state index in [2.05, 4.69) is 34.1 Å². The van der Waals surface area contributed by atoms with Crippen molar-refractivity contribution in [3.63, 3.8) is 0 Å². The lowest BCUT2D eigenvalue weighted by molar-refractivity contribution is -0.356. The summed E-state index contributed by atoms with van der Waals surface area (Å²) in [6.45, 7) is 2.10. The van der Waals surface area contributed by atoms with Crippen LogP contribution in [0.2, 0.25) is 5.02 Å². The van der Waals surface area contributed by atoms with Crippen molar-refractivity contribution in [3.05, 3.63) is 70.7 Å². The molecule has 3 fully saturated rings. The Bertz CT molecular complexity index is 1300. The van der Waals surface area contributed by atoms with Gasteiger partial charge in [-0.05, 0) is 23.3 Å². The molecule has 3 saturated heterocycles. The van der Waals surface area contributed by atoms with E-state index in [-0.39, 0.29) is 12.6 Å². The van der Waals surface area contributed by atoms with Crippen LogP contribution in [0.4, 0.5) is 0 Å². The number of rotatable bonds is 13. The summed E-state index contributed by atoms with van der Waals surface area (Å²) in [4.78, 5) is 17.2. The lowest BCUT2D eigenvalue weighted by atomic mass is 9.96. The van der Waals surface area contributed by atoms with Gasteiger partial charge in [0, 0.05) is 37.7 Å². The normalized spacial score (nSPS) is 33.6. The standard InChI is InChI=1S/C33H45ClN2O13/c34-21-8-6-20(7-9-21)25(19-4-2-1-3-5-19)36-12-10-35(11-13-36)14-15-45-18-24(39)48-32-30(44)28(42)31(23(17-38)47-32)49-33-29(43)27(41)26(40)22(16-37)46-33/h1-9,22-23,25-33,37-38,40-44H,10-18H2/t22-,23-,25?,26-,27-,28?,29-,30-,31-,32+,33?/m1/s1.